The van der Waals surface area contributed by atoms with Crippen LogP contribution in [0.2, 0.25) is 0 Å². The highest BCUT2D eigenvalue weighted by atomic mass is 14.6. The second-order valence-electron chi connectivity index (χ2n) is 4.38. The summed E-state index contributed by atoms with van der Waals surface area (Å²) in [5.74, 6) is 0. The van der Waals surface area contributed by atoms with Crippen LogP contribution in [-0.2, 0) is 6.42 Å². The molecule has 2 aromatic carbocycles. The lowest BCUT2D eigenvalue weighted by atomic mass is 10.00. The molecule has 1 aliphatic carbocycles. The zero-order valence-corrected chi connectivity index (χ0v) is 8.83. The maximum Gasteiger partial charge on any atom is 0.00872 e. The van der Waals surface area contributed by atoms with E-state index >= 15 is 0 Å². The normalized spacial score (nSPS) is 12.8. The van der Waals surface area contributed by atoms with Crippen LogP contribution in [0.3, 0.4) is 0 Å². The molecular formula is C15H11N. The summed E-state index contributed by atoms with van der Waals surface area (Å²) in [4.78, 5) is 3.19. The second kappa shape index (κ2) is 2.76. The number of hydrogen-bond acceptors (Lipinski definition) is 0. The van der Waals surface area contributed by atoms with Crippen molar-refractivity contribution in [2.24, 2.45) is 0 Å². The predicted octanol–water partition coefficient (Wildman–Crippen LogP) is 3.74. The highest BCUT2D eigenvalue weighted by molar-refractivity contribution is 5.94. The van der Waals surface area contributed by atoms with Gasteiger partial charge in [-0.05, 0) is 27.5 Å². The molecule has 0 unspecified atom stereocenters. The second-order valence-corrected chi connectivity index (χ2v) is 4.38. The molecule has 0 saturated heterocycles. The summed E-state index contributed by atoms with van der Waals surface area (Å²) in [6.07, 6.45) is 5.29. The molecule has 0 radical (unpaired) electrons. The lowest BCUT2D eigenvalue weighted by Crippen LogP contribution is -1.84. The van der Waals surface area contributed by atoms with Crippen molar-refractivity contribution in [3.63, 3.8) is 0 Å². The Kier molecular flexibility index (Phi) is 1.41. The molecule has 1 nitrogen and oxygen atoms in total. The highest BCUT2D eigenvalue weighted by Gasteiger charge is 2.20. The number of aromatic nitrogens is 1. The van der Waals surface area contributed by atoms with E-state index in [0.29, 0.717) is 0 Å². The summed E-state index contributed by atoms with van der Waals surface area (Å²) in [6.45, 7) is 0. The predicted molar refractivity (Wildman–Crippen MR) is 66.5 cm³/mol. The molecule has 0 bridgehead atoms. The van der Waals surface area contributed by atoms with Gasteiger partial charge in [-0.3, -0.25) is 0 Å². The van der Waals surface area contributed by atoms with Crippen LogP contribution in [0.4, 0.5) is 0 Å². The molecule has 3 aromatic rings. The van der Waals surface area contributed by atoms with Gasteiger partial charge in [-0.2, -0.15) is 0 Å². The van der Waals surface area contributed by atoms with Gasteiger partial charge in [0.25, 0.3) is 0 Å². The van der Waals surface area contributed by atoms with E-state index in [1.165, 1.54) is 33.0 Å². The van der Waals surface area contributed by atoms with Crippen molar-refractivity contribution >= 4 is 10.8 Å². The Morgan fingerprint density at radius 1 is 0.875 bits per heavy atom. The average Bonchev–Trinajstić information content (AvgIpc) is 2.88. The highest BCUT2D eigenvalue weighted by Crippen LogP contribution is 2.39. The van der Waals surface area contributed by atoms with E-state index in [2.05, 4.69) is 53.8 Å². The number of benzene rings is 2. The van der Waals surface area contributed by atoms with Crippen molar-refractivity contribution in [1.82, 2.24) is 4.98 Å². The number of rotatable bonds is 0. The Labute approximate surface area is 93.7 Å². The molecular weight excluding hydrogens is 194 g/mol. The van der Waals surface area contributed by atoms with E-state index in [4.69, 9.17) is 0 Å². The monoisotopic (exact) mass is 205 g/mol. The first-order chi connectivity index (χ1) is 7.93. The van der Waals surface area contributed by atoms with Gasteiger partial charge >= 0.3 is 0 Å². The topological polar surface area (TPSA) is 15.8 Å². The molecule has 0 atom stereocenters. The zero-order valence-electron chi connectivity index (χ0n) is 8.83. The molecule has 1 aliphatic rings. The summed E-state index contributed by atoms with van der Waals surface area (Å²) in [6, 6.07) is 13.1. The molecule has 1 heterocycles. The zero-order chi connectivity index (χ0) is 10.5. The van der Waals surface area contributed by atoms with Crippen LogP contribution in [0.5, 0.6) is 0 Å². The van der Waals surface area contributed by atoms with E-state index in [1.807, 2.05) is 0 Å². The third-order valence-electron chi connectivity index (χ3n) is 3.53. The van der Waals surface area contributed by atoms with Gasteiger partial charge in [0.05, 0.1) is 0 Å². The van der Waals surface area contributed by atoms with Gasteiger partial charge in [0, 0.05) is 24.4 Å². The van der Waals surface area contributed by atoms with E-state index in [1.54, 1.807) is 0 Å². The summed E-state index contributed by atoms with van der Waals surface area (Å²) < 4.78 is 0. The van der Waals surface area contributed by atoms with Gasteiger partial charge in [-0.15, -0.1) is 0 Å². The lowest BCUT2D eigenvalue weighted by molar-refractivity contribution is 1.26. The van der Waals surface area contributed by atoms with Crippen molar-refractivity contribution in [3.05, 3.63) is 59.9 Å². The summed E-state index contributed by atoms with van der Waals surface area (Å²) in [7, 11) is 0. The van der Waals surface area contributed by atoms with Crippen LogP contribution in [0.1, 0.15) is 11.1 Å². The fourth-order valence-electron chi connectivity index (χ4n) is 2.76. The number of nitrogens with one attached hydrogen (secondary N) is 1. The van der Waals surface area contributed by atoms with Gasteiger partial charge in [0.15, 0.2) is 0 Å². The Bertz CT molecular complexity index is 691. The molecule has 0 aliphatic heterocycles. The Balaban J connectivity index is 2.14. The largest absolute Gasteiger partial charge is 0.367 e. The Morgan fingerprint density at radius 3 is 2.81 bits per heavy atom. The van der Waals surface area contributed by atoms with Crippen LogP contribution in [0.15, 0.2) is 48.8 Å². The van der Waals surface area contributed by atoms with Crippen LogP contribution in [-0.4, -0.2) is 4.98 Å². The van der Waals surface area contributed by atoms with Gasteiger partial charge in [-0.1, -0.05) is 36.4 Å². The summed E-state index contributed by atoms with van der Waals surface area (Å²) in [5, 5.41) is 2.74. The van der Waals surface area contributed by atoms with Crippen LogP contribution in [0, 0.1) is 0 Å². The first-order valence-electron chi connectivity index (χ1n) is 5.60. The Hall–Kier alpha value is -2.02. The minimum absolute atomic E-state index is 1.06. The van der Waals surface area contributed by atoms with E-state index < -0.39 is 0 Å². The molecule has 76 valence electrons. The van der Waals surface area contributed by atoms with E-state index in [-0.39, 0.29) is 0 Å². The molecule has 4 rings (SSSR count). The fraction of sp³-hybridized carbons (Fsp3) is 0.0667. The quantitative estimate of drug-likeness (QED) is 0.450. The average molecular weight is 205 g/mol. The van der Waals surface area contributed by atoms with Gasteiger partial charge < -0.3 is 4.98 Å². The first kappa shape index (κ1) is 8.17. The van der Waals surface area contributed by atoms with E-state index in [0.717, 1.165) is 6.42 Å². The van der Waals surface area contributed by atoms with Crippen molar-refractivity contribution in [3.8, 4) is 11.1 Å². The fourth-order valence-corrected chi connectivity index (χ4v) is 2.76. The molecule has 1 heteroatoms. The first-order valence-corrected chi connectivity index (χ1v) is 5.60. The third-order valence-corrected chi connectivity index (χ3v) is 3.53. The standard InChI is InChI=1S/C15H11N/c1-2-4-12-10(3-1)5-6-13-14(12)7-11-8-16-9-15(11)13/h1-6,8-9,16H,7H2. The number of hydrogen-bond donors (Lipinski definition) is 1. The van der Waals surface area contributed by atoms with Gasteiger partial charge in [0.2, 0.25) is 0 Å². The van der Waals surface area contributed by atoms with Crippen LogP contribution >= 0.6 is 0 Å². The molecule has 0 saturated carbocycles. The molecule has 0 amide bonds. The SMILES string of the molecule is c1ccc2c3c(ccc2c1)-c1c[nH]cc1C3. The van der Waals surface area contributed by atoms with Crippen molar-refractivity contribution < 1.29 is 0 Å². The van der Waals surface area contributed by atoms with E-state index in [9.17, 15) is 0 Å². The molecule has 1 aromatic heterocycles. The number of fused-ring (bicyclic) bond motifs is 5. The lowest BCUT2D eigenvalue weighted by Gasteiger charge is -2.05. The van der Waals surface area contributed by atoms with Crippen LogP contribution < -0.4 is 0 Å². The van der Waals surface area contributed by atoms with Crippen molar-refractivity contribution in [1.29, 1.82) is 0 Å². The van der Waals surface area contributed by atoms with Gasteiger partial charge in [0.1, 0.15) is 0 Å². The molecule has 16 heavy (non-hydrogen) atoms. The third kappa shape index (κ3) is 0.904. The number of aromatic amines is 1. The van der Waals surface area contributed by atoms with Gasteiger partial charge in [-0.25, -0.2) is 0 Å². The maximum atomic E-state index is 3.19. The van der Waals surface area contributed by atoms with Crippen molar-refractivity contribution in [2.75, 3.05) is 0 Å². The summed E-state index contributed by atoms with van der Waals surface area (Å²) >= 11 is 0. The minimum Gasteiger partial charge on any atom is -0.367 e. The Morgan fingerprint density at radius 2 is 1.81 bits per heavy atom. The minimum atomic E-state index is 1.06. The van der Waals surface area contributed by atoms with Crippen LogP contribution in [0.25, 0.3) is 21.9 Å². The summed E-state index contributed by atoms with van der Waals surface area (Å²) in [5.41, 5.74) is 5.68. The number of H-pyrrole nitrogens is 1. The molecule has 1 N–H and O–H groups in total. The molecule has 0 fully saturated rings. The maximum absolute atomic E-state index is 3.19. The smallest absolute Gasteiger partial charge is 0.00872 e. The van der Waals surface area contributed by atoms with Crippen molar-refractivity contribution in [2.45, 2.75) is 6.42 Å². The molecule has 0 spiro atoms.